The van der Waals surface area contributed by atoms with Gasteiger partial charge >= 0.3 is 0 Å². The van der Waals surface area contributed by atoms with Crippen LogP contribution in [0.5, 0.6) is 0 Å². The predicted octanol–water partition coefficient (Wildman–Crippen LogP) is 2.91. The van der Waals surface area contributed by atoms with E-state index in [2.05, 4.69) is 9.71 Å². The van der Waals surface area contributed by atoms with Crippen LogP contribution in [0.2, 0.25) is 5.15 Å². The molecule has 17 heavy (non-hydrogen) atoms. The van der Waals surface area contributed by atoms with Crippen molar-refractivity contribution in [2.75, 3.05) is 4.72 Å². The van der Waals surface area contributed by atoms with Crippen LogP contribution in [0.3, 0.4) is 0 Å². The zero-order valence-corrected chi connectivity index (χ0v) is 11.2. The highest BCUT2D eigenvalue weighted by molar-refractivity contribution is 7.94. The number of aromatic nitrogens is 1. The lowest BCUT2D eigenvalue weighted by Gasteiger charge is -2.06. The number of anilines is 1. The summed E-state index contributed by atoms with van der Waals surface area (Å²) < 4.78 is 26.6. The molecule has 0 atom stereocenters. The first-order valence-electron chi connectivity index (χ1n) is 4.69. The molecule has 0 fully saturated rings. The van der Waals surface area contributed by atoms with Crippen LogP contribution in [0.25, 0.3) is 0 Å². The smallest absolute Gasteiger partial charge is 0.271 e. The highest BCUT2D eigenvalue weighted by Crippen LogP contribution is 2.25. The largest absolute Gasteiger partial charge is 0.276 e. The summed E-state index contributed by atoms with van der Waals surface area (Å²) in [6, 6.07) is 6.49. The highest BCUT2D eigenvalue weighted by atomic mass is 35.5. The Labute approximate surface area is 108 Å². The van der Waals surface area contributed by atoms with E-state index < -0.39 is 10.0 Å². The molecular formula is C10H9ClN2O2S2. The Balaban J connectivity index is 2.33. The molecule has 0 aliphatic carbocycles. The quantitative estimate of drug-likeness (QED) is 0.884. The number of aryl methyl sites for hydroxylation is 1. The maximum atomic E-state index is 12.0. The van der Waals surface area contributed by atoms with Crippen LogP contribution in [0.1, 0.15) is 4.88 Å². The van der Waals surface area contributed by atoms with Crippen LogP contribution in [-0.4, -0.2) is 13.4 Å². The molecule has 2 heterocycles. The van der Waals surface area contributed by atoms with Crippen LogP contribution in [0.15, 0.2) is 34.7 Å². The topological polar surface area (TPSA) is 59.1 Å². The van der Waals surface area contributed by atoms with Gasteiger partial charge in [-0.05, 0) is 31.2 Å². The molecule has 0 spiro atoms. The molecule has 0 aliphatic rings. The van der Waals surface area contributed by atoms with E-state index in [4.69, 9.17) is 11.6 Å². The van der Waals surface area contributed by atoms with E-state index in [0.29, 0.717) is 0 Å². The molecule has 0 unspecified atom stereocenters. The van der Waals surface area contributed by atoms with E-state index in [-0.39, 0.29) is 15.0 Å². The van der Waals surface area contributed by atoms with Gasteiger partial charge in [0.2, 0.25) is 0 Å². The minimum absolute atomic E-state index is 0.129. The van der Waals surface area contributed by atoms with Crippen molar-refractivity contribution in [3.05, 3.63) is 40.5 Å². The molecule has 4 nitrogen and oxygen atoms in total. The van der Waals surface area contributed by atoms with E-state index in [0.717, 1.165) is 4.88 Å². The molecule has 0 aliphatic heterocycles. The second kappa shape index (κ2) is 4.64. The second-order valence-corrected chi connectivity index (χ2v) is 6.87. The van der Waals surface area contributed by atoms with Gasteiger partial charge in [0, 0.05) is 11.1 Å². The fourth-order valence-corrected chi connectivity index (χ4v) is 3.79. The highest BCUT2D eigenvalue weighted by Gasteiger charge is 2.17. The molecule has 1 N–H and O–H groups in total. The van der Waals surface area contributed by atoms with Gasteiger partial charge in [0.1, 0.15) is 4.21 Å². The lowest BCUT2D eigenvalue weighted by Crippen LogP contribution is -2.11. The van der Waals surface area contributed by atoms with Gasteiger partial charge in [-0.15, -0.1) is 11.3 Å². The van der Waals surface area contributed by atoms with Crippen molar-refractivity contribution < 1.29 is 8.42 Å². The Kier molecular flexibility index (Phi) is 3.37. The summed E-state index contributed by atoms with van der Waals surface area (Å²) in [4.78, 5) is 4.74. The Morgan fingerprint density at radius 3 is 2.71 bits per heavy atom. The summed E-state index contributed by atoms with van der Waals surface area (Å²) in [7, 11) is -3.57. The summed E-state index contributed by atoms with van der Waals surface area (Å²) in [6.07, 6.45) is 1.50. The van der Waals surface area contributed by atoms with E-state index in [1.807, 2.05) is 6.92 Å². The molecule has 0 radical (unpaired) electrons. The number of nitrogens with zero attached hydrogens (tertiary/aromatic N) is 1. The fourth-order valence-electron chi connectivity index (χ4n) is 1.21. The van der Waals surface area contributed by atoms with Crippen LogP contribution in [0.4, 0.5) is 5.69 Å². The van der Waals surface area contributed by atoms with Crippen molar-refractivity contribution in [3.63, 3.8) is 0 Å². The number of sulfonamides is 1. The molecule has 90 valence electrons. The van der Waals surface area contributed by atoms with Crippen LogP contribution >= 0.6 is 22.9 Å². The number of thiophene rings is 1. The van der Waals surface area contributed by atoms with Gasteiger partial charge in [0.25, 0.3) is 10.0 Å². The van der Waals surface area contributed by atoms with Gasteiger partial charge in [0.05, 0.1) is 5.69 Å². The summed E-state index contributed by atoms with van der Waals surface area (Å²) >= 11 is 6.99. The third-order valence-corrected chi connectivity index (χ3v) is 5.14. The molecule has 2 aromatic rings. The standard InChI is InChI=1S/C10H9ClN2O2S2/c1-7-4-5-9(16-7)17(14,15)13-8-3-2-6-12-10(8)11/h2-6,13H,1H3. The predicted molar refractivity (Wildman–Crippen MR) is 69.1 cm³/mol. The van der Waals surface area contributed by atoms with Crippen LogP contribution < -0.4 is 4.72 Å². The van der Waals surface area contributed by atoms with Crippen molar-refractivity contribution in [2.24, 2.45) is 0 Å². The Morgan fingerprint density at radius 2 is 2.12 bits per heavy atom. The Morgan fingerprint density at radius 1 is 1.35 bits per heavy atom. The number of pyridine rings is 1. The van der Waals surface area contributed by atoms with Crippen LogP contribution in [0, 0.1) is 6.92 Å². The summed E-state index contributed by atoms with van der Waals surface area (Å²) in [5.41, 5.74) is 0.278. The molecule has 0 saturated carbocycles. The molecule has 0 aromatic carbocycles. The zero-order chi connectivity index (χ0) is 12.5. The number of hydrogen-bond acceptors (Lipinski definition) is 4. The molecule has 2 rings (SSSR count). The first-order chi connectivity index (χ1) is 7.99. The third kappa shape index (κ3) is 2.77. The van der Waals surface area contributed by atoms with E-state index >= 15 is 0 Å². The van der Waals surface area contributed by atoms with Gasteiger partial charge < -0.3 is 0 Å². The van der Waals surface area contributed by atoms with Gasteiger partial charge in [0.15, 0.2) is 5.15 Å². The maximum absolute atomic E-state index is 12.0. The van der Waals surface area contributed by atoms with Gasteiger partial charge in [-0.1, -0.05) is 11.6 Å². The first-order valence-corrected chi connectivity index (χ1v) is 7.36. The number of rotatable bonds is 3. The SMILES string of the molecule is Cc1ccc(S(=O)(=O)Nc2cccnc2Cl)s1. The number of hydrogen-bond donors (Lipinski definition) is 1. The average Bonchev–Trinajstić information content (AvgIpc) is 2.69. The number of nitrogens with one attached hydrogen (secondary N) is 1. The second-order valence-electron chi connectivity index (χ2n) is 3.31. The van der Waals surface area contributed by atoms with Crippen molar-refractivity contribution >= 4 is 38.6 Å². The van der Waals surface area contributed by atoms with Gasteiger partial charge in [-0.25, -0.2) is 13.4 Å². The molecule has 0 bridgehead atoms. The Bertz CT molecular complexity index is 637. The fraction of sp³-hybridized carbons (Fsp3) is 0.100. The Hall–Kier alpha value is -1.11. The van der Waals surface area contributed by atoms with Crippen molar-refractivity contribution in [2.45, 2.75) is 11.1 Å². The monoisotopic (exact) mass is 288 g/mol. The lowest BCUT2D eigenvalue weighted by molar-refractivity contribution is 0.603. The minimum Gasteiger partial charge on any atom is -0.276 e. The van der Waals surface area contributed by atoms with E-state index in [1.165, 1.54) is 17.5 Å². The molecule has 0 amide bonds. The maximum Gasteiger partial charge on any atom is 0.271 e. The molecule has 2 aromatic heterocycles. The average molecular weight is 289 g/mol. The molecule has 0 saturated heterocycles. The normalized spacial score (nSPS) is 11.4. The zero-order valence-electron chi connectivity index (χ0n) is 8.84. The van der Waals surface area contributed by atoms with Crippen molar-refractivity contribution in [1.29, 1.82) is 0 Å². The van der Waals surface area contributed by atoms with Gasteiger partial charge in [-0.3, -0.25) is 4.72 Å². The third-order valence-electron chi connectivity index (χ3n) is 1.98. The van der Waals surface area contributed by atoms with E-state index in [1.54, 1.807) is 24.3 Å². The minimum atomic E-state index is -3.57. The summed E-state index contributed by atoms with van der Waals surface area (Å²) in [5.74, 6) is 0. The van der Waals surface area contributed by atoms with E-state index in [9.17, 15) is 8.42 Å². The summed E-state index contributed by atoms with van der Waals surface area (Å²) in [6.45, 7) is 1.85. The number of halogens is 1. The first kappa shape index (κ1) is 12.3. The lowest BCUT2D eigenvalue weighted by atomic mass is 10.4. The van der Waals surface area contributed by atoms with Crippen molar-refractivity contribution in [1.82, 2.24) is 4.98 Å². The summed E-state index contributed by atoms with van der Waals surface area (Å²) in [5, 5.41) is 0.129. The van der Waals surface area contributed by atoms with Crippen molar-refractivity contribution in [3.8, 4) is 0 Å². The van der Waals surface area contributed by atoms with Gasteiger partial charge in [-0.2, -0.15) is 0 Å². The molecule has 7 heteroatoms. The van der Waals surface area contributed by atoms with Crippen LogP contribution in [-0.2, 0) is 10.0 Å². The molecular weight excluding hydrogens is 280 g/mol.